The summed E-state index contributed by atoms with van der Waals surface area (Å²) in [6, 6.07) is 0.141. The summed E-state index contributed by atoms with van der Waals surface area (Å²) in [5.41, 5.74) is 1.28. The number of hydrogen-bond acceptors (Lipinski definition) is 6. The average Bonchev–Trinajstić information content (AvgIpc) is 3.54. The molecule has 0 saturated heterocycles. The smallest absolute Gasteiger partial charge is 0.321 e. The average molecular weight is 462 g/mol. The zero-order chi connectivity index (χ0) is 22.8. The van der Waals surface area contributed by atoms with Crippen LogP contribution in [0.15, 0.2) is 12.4 Å². The van der Waals surface area contributed by atoms with E-state index in [-0.39, 0.29) is 6.03 Å². The molecule has 178 valence electrons. The van der Waals surface area contributed by atoms with Gasteiger partial charge < -0.3 is 5.32 Å². The minimum Gasteiger partial charge on any atom is -0.335 e. The molecule has 1 fully saturated rings. The van der Waals surface area contributed by atoms with Crippen LogP contribution in [0.4, 0.5) is 9.93 Å². The second kappa shape index (κ2) is 12.9. The lowest BCUT2D eigenvalue weighted by Crippen LogP contribution is -2.36. The van der Waals surface area contributed by atoms with E-state index in [0.717, 1.165) is 69.7 Å². The number of amides is 2. The molecular weight excluding hydrogens is 422 g/mol. The molecule has 8 nitrogen and oxygen atoms in total. The molecule has 0 aliphatic heterocycles. The highest BCUT2D eigenvalue weighted by Crippen LogP contribution is 2.29. The normalized spacial score (nSPS) is 15.4. The van der Waals surface area contributed by atoms with Crippen molar-refractivity contribution < 1.29 is 4.79 Å². The minimum atomic E-state index is -0.158. The van der Waals surface area contributed by atoms with Crippen molar-refractivity contribution in [2.45, 2.75) is 97.2 Å². The summed E-state index contributed by atoms with van der Waals surface area (Å²) in [7, 11) is 0. The predicted octanol–water partition coefficient (Wildman–Crippen LogP) is 5.00. The molecule has 1 aliphatic carbocycles. The fraction of sp³-hybridized carbons (Fsp3) is 0.739. The predicted molar refractivity (Wildman–Crippen MR) is 130 cm³/mol. The van der Waals surface area contributed by atoms with Crippen molar-refractivity contribution in [3.8, 4) is 0 Å². The maximum absolute atomic E-state index is 12.2. The van der Waals surface area contributed by atoms with Gasteiger partial charge in [-0.05, 0) is 58.5 Å². The number of aryl methyl sites for hydroxylation is 1. The zero-order valence-corrected chi connectivity index (χ0v) is 20.7. The van der Waals surface area contributed by atoms with Crippen molar-refractivity contribution in [3.05, 3.63) is 23.0 Å². The van der Waals surface area contributed by atoms with Crippen LogP contribution in [0.25, 0.3) is 0 Å². The van der Waals surface area contributed by atoms with Gasteiger partial charge in [0.05, 0.1) is 6.20 Å². The summed E-state index contributed by atoms with van der Waals surface area (Å²) in [5, 5.41) is 20.5. The number of urea groups is 1. The highest BCUT2D eigenvalue weighted by atomic mass is 32.1. The Morgan fingerprint density at radius 1 is 1.25 bits per heavy atom. The van der Waals surface area contributed by atoms with Crippen molar-refractivity contribution in [1.82, 2.24) is 30.2 Å². The summed E-state index contributed by atoms with van der Waals surface area (Å²) in [6.45, 7) is 10.6. The van der Waals surface area contributed by atoms with Crippen molar-refractivity contribution in [2.75, 3.05) is 18.4 Å². The van der Waals surface area contributed by atoms with Crippen LogP contribution in [0.3, 0.4) is 0 Å². The van der Waals surface area contributed by atoms with Crippen molar-refractivity contribution in [2.24, 2.45) is 0 Å². The van der Waals surface area contributed by atoms with Crippen LogP contribution in [-0.4, -0.2) is 50.0 Å². The molecule has 1 aliphatic rings. The van der Waals surface area contributed by atoms with Gasteiger partial charge >= 0.3 is 6.03 Å². The molecule has 0 radical (unpaired) electrons. The number of rotatable bonds is 13. The van der Waals surface area contributed by atoms with Gasteiger partial charge in [0, 0.05) is 36.8 Å². The second-order valence-corrected chi connectivity index (χ2v) is 9.76. The van der Waals surface area contributed by atoms with Gasteiger partial charge in [0.1, 0.15) is 5.01 Å². The zero-order valence-electron chi connectivity index (χ0n) is 19.8. The number of anilines is 1. The van der Waals surface area contributed by atoms with Gasteiger partial charge in [-0.15, -0.1) is 10.2 Å². The first kappa shape index (κ1) is 24.6. The largest absolute Gasteiger partial charge is 0.335 e. The van der Waals surface area contributed by atoms with Crippen LogP contribution in [-0.2, 0) is 13.1 Å². The minimum absolute atomic E-state index is 0.158. The quantitative estimate of drug-likeness (QED) is 0.438. The highest BCUT2D eigenvalue weighted by molar-refractivity contribution is 7.15. The maximum Gasteiger partial charge on any atom is 0.321 e. The lowest BCUT2D eigenvalue weighted by atomic mass is 10.0. The number of carbonyl (C=O) groups is 1. The lowest BCUT2D eigenvalue weighted by Gasteiger charge is -2.22. The number of aromatic nitrogens is 4. The van der Waals surface area contributed by atoms with E-state index in [1.807, 2.05) is 10.9 Å². The SMILES string of the molecule is CCCN(CCCC(CC)c1nnc(NC(=O)NC2CCCC2)s1)Cc1cnn(CC)c1. The van der Waals surface area contributed by atoms with Gasteiger partial charge in [0.15, 0.2) is 0 Å². The molecule has 1 atom stereocenters. The van der Waals surface area contributed by atoms with Crippen LogP contribution in [0.1, 0.15) is 88.6 Å². The van der Waals surface area contributed by atoms with E-state index in [1.54, 1.807) is 0 Å². The highest BCUT2D eigenvalue weighted by Gasteiger charge is 2.20. The Hall–Kier alpha value is -2.00. The van der Waals surface area contributed by atoms with Gasteiger partial charge in [-0.25, -0.2) is 4.79 Å². The first-order valence-electron chi connectivity index (χ1n) is 12.3. The Morgan fingerprint density at radius 2 is 2.06 bits per heavy atom. The molecule has 1 saturated carbocycles. The molecule has 1 unspecified atom stereocenters. The van der Waals surface area contributed by atoms with E-state index in [9.17, 15) is 4.79 Å². The van der Waals surface area contributed by atoms with Crippen molar-refractivity contribution >= 4 is 22.5 Å². The third-order valence-electron chi connectivity index (χ3n) is 6.18. The monoisotopic (exact) mass is 461 g/mol. The molecule has 3 rings (SSSR count). The Kier molecular flexibility index (Phi) is 9.92. The summed E-state index contributed by atoms with van der Waals surface area (Å²) in [5.74, 6) is 0.382. The Balaban J connectivity index is 1.45. The number of hydrogen-bond donors (Lipinski definition) is 2. The molecule has 0 bridgehead atoms. The summed E-state index contributed by atoms with van der Waals surface area (Å²) in [4.78, 5) is 14.7. The summed E-state index contributed by atoms with van der Waals surface area (Å²) in [6.07, 6.45) is 13.0. The van der Waals surface area contributed by atoms with Crippen LogP contribution in [0, 0.1) is 0 Å². The van der Waals surface area contributed by atoms with E-state index in [1.165, 1.54) is 29.7 Å². The molecule has 2 heterocycles. The maximum atomic E-state index is 12.2. The number of nitrogens with zero attached hydrogens (tertiary/aromatic N) is 5. The van der Waals surface area contributed by atoms with Gasteiger partial charge in [0.25, 0.3) is 0 Å². The molecular formula is C23H39N7OS. The van der Waals surface area contributed by atoms with Gasteiger partial charge in [-0.2, -0.15) is 5.10 Å². The van der Waals surface area contributed by atoms with Crippen molar-refractivity contribution in [3.63, 3.8) is 0 Å². The standard InChI is InChI=1S/C23H39N7OS/c1-4-13-29(16-18-15-24-30(6-3)17-18)14-9-10-19(5-2)21-27-28-23(32-21)26-22(31)25-20-11-7-8-12-20/h15,17,19-20H,4-14,16H2,1-3H3,(H2,25,26,28,31). The van der Waals surface area contributed by atoms with E-state index >= 15 is 0 Å². The van der Waals surface area contributed by atoms with Crippen LogP contribution < -0.4 is 10.6 Å². The molecule has 32 heavy (non-hydrogen) atoms. The van der Waals surface area contributed by atoms with Crippen LogP contribution in [0.2, 0.25) is 0 Å². The molecule has 2 aromatic rings. The number of carbonyl (C=O) groups excluding carboxylic acids is 1. The molecule has 2 aromatic heterocycles. The van der Waals surface area contributed by atoms with Gasteiger partial charge in [-0.1, -0.05) is 38.0 Å². The summed E-state index contributed by atoms with van der Waals surface area (Å²) >= 11 is 1.51. The van der Waals surface area contributed by atoms with Gasteiger partial charge in [0.2, 0.25) is 5.13 Å². The molecule has 2 N–H and O–H groups in total. The third kappa shape index (κ3) is 7.55. The Morgan fingerprint density at radius 3 is 2.75 bits per heavy atom. The van der Waals surface area contributed by atoms with E-state index in [0.29, 0.717) is 17.1 Å². The first-order chi connectivity index (χ1) is 15.6. The van der Waals surface area contributed by atoms with E-state index < -0.39 is 0 Å². The molecule has 0 aromatic carbocycles. The molecule has 9 heteroatoms. The van der Waals surface area contributed by atoms with Crippen LogP contribution in [0.5, 0.6) is 0 Å². The lowest BCUT2D eigenvalue weighted by molar-refractivity contribution is 0.248. The number of nitrogens with one attached hydrogen (secondary N) is 2. The van der Waals surface area contributed by atoms with E-state index in [4.69, 9.17) is 0 Å². The van der Waals surface area contributed by atoms with Crippen LogP contribution >= 0.6 is 11.3 Å². The summed E-state index contributed by atoms with van der Waals surface area (Å²) < 4.78 is 1.99. The fourth-order valence-electron chi connectivity index (χ4n) is 4.41. The molecule has 0 spiro atoms. The Bertz CT molecular complexity index is 815. The second-order valence-electron chi connectivity index (χ2n) is 8.75. The van der Waals surface area contributed by atoms with E-state index in [2.05, 4.69) is 57.8 Å². The Labute approximate surface area is 196 Å². The fourth-order valence-corrected chi connectivity index (χ4v) is 5.36. The third-order valence-corrected chi connectivity index (χ3v) is 7.18. The molecule has 2 amide bonds. The first-order valence-corrected chi connectivity index (χ1v) is 13.1. The van der Waals surface area contributed by atoms with Gasteiger partial charge in [-0.3, -0.25) is 14.9 Å². The topological polar surface area (TPSA) is 88.0 Å². The van der Waals surface area contributed by atoms with Crippen molar-refractivity contribution in [1.29, 1.82) is 0 Å².